The number of hydrogen-bond donors (Lipinski definition) is 1. The molecule has 1 aliphatic carbocycles. The smallest absolute Gasteiger partial charge is 0.471 e. The zero-order valence-corrected chi connectivity index (χ0v) is 19.5. The van der Waals surface area contributed by atoms with Crippen molar-refractivity contribution in [2.24, 2.45) is 0 Å². The number of amides is 2. The standard InChI is InChI=1S/C23H27F3N2O4S/c1-14-9-12-19(33-14)20(21(29)27-15-7-5-4-6-8-15)28(22(30)23(24,25)26)16-10-11-17(31-2)18(13-16)32-3/h9-13,15,20H,4-8H2,1-3H3,(H,27,29). The molecule has 6 nitrogen and oxygen atoms in total. The molecule has 180 valence electrons. The fourth-order valence-electron chi connectivity index (χ4n) is 4.00. The first-order valence-electron chi connectivity index (χ1n) is 10.6. The Bertz CT molecular complexity index is 986. The Morgan fingerprint density at radius 2 is 1.73 bits per heavy atom. The topological polar surface area (TPSA) is 67.9 Å². The molecule has 1 fully saturated rings. The average Bonchev–Trinajstić information content (AvgIpc) is 3.21. The monoisotopic (exact) mass is 484 g/mol. The predicted octanol–water partition coefficient (Wildman–Crippen LogP) is 5.16. The summed E-state index contributed by atoms with van der Waals surface area (Å²) in [6.07, 6.45) is -0.743. The third-order valence-electron chi connectivity index (χ3n) is 5.60. The van der Waals surface area contributed by atoms with E-state index in [9.17, 15) is 22.8 Å². The maximum absolute atomic E-state index is 13.7. The number of ether oxygens (including phenoxy) is 2. The van der Waals surface area contributed by atoms with Crippen LogP contribution in [0.25, 0.3) is 0 Å². The average molecular weight is 485 g/mol. The van der Waals surface area contributed by atoms with Crippen molar-refractivity contribution in [3.05, 3.63) is 40.1 Å². The van der Waals surface area contributed by atoms with Gasteiger partial charge in [-0.05, 0) is 44.0 Å². The molecule has 1 aromatic heterocycles. The van der Waals surface area contributed by atoms with E-state index in [0.29, 0.717) is 9.78 Å². The van der Waals surface area contributed by atoms with Gasteiger partial charge in [-0.25, -0.2) is 0 Å². The number of anilines is 1. The molecule has 10 heteroatoms. The maximum Gasteiger partial charge on any atom is 0.471 e. The number of benzene rings is 1. The predicted molar refractivity (Wildman–Crippen MR) is 120 cm³/mol. The Hall–Kier alpha value is -2.75. The van der Waals surface area contributed by atoms with Crippen molar-refractivity contribution in [3.63, 3.8) is 0 Å². The number of thiophene rings is 1. The van der Waals surface area contributed by atoms with Crippen LogP contribution in [-0.2, 0) is 9.59 Å². The summed E-state index contributed by atoms with van der Waals surface area (Å²) in [6, 6.07) is 5.66. The van der Waals surface area contributed by atoms with Gasteiger partial charge in [-0.3, -0.25) is 14.5 Å². The van der Waals surface area contributed by atoms with Crippen LogP contribution in [-0.4, -0.2) is 38.3 Å². The summed E-state index contributed by atoms with van der Waals surface area (Å²) in [7, 11) is 2.73. The van der Waals surface area contributed by atoms with Crippen molar-refractivity contribution in [3.8, 4) is 11.5 Å². The molecule has 3 rings (SSSR count). The van der Waals surface area contributed by atoms with Crippen molar-refractivity contribution in [1.82, 2.24) is 5.32 Å². The van der Waals surface area contributed by atoms with E-state index < -0.39 is 24.0 Å². The van der Waals surface area contributed by atoms with E-state index in [1.165, 1.54) is 43.8 Å². The molecule has 1 heterocycles. The number of aryl methyl sites for hydroxylation is 1. The van der Waals surface area contributed by atoms with Gasteiger partial charge in [-0.2, -0.15) is 13.2 Å². The number of methoxy groups -OCH3 is 2. The zero-order chi connectivity index (χ0) is 24.2. The maximum atomic E-state index is 13.7. The third kappa shape index (κ3) is 5.79. The van der Waals surface area contributed by atoms with Crippen LogP contribution in [0, 0.1) is 6.92 Å². The van der Waals surface area contributed by atoms with Gasteiger partial charge in [0.2, 0.25) is 5.91 Å². The van der Waals surface area contributed by atoms with Crippen molar-refractivity contribution < 1.29 is 32.2 Å². The van der Waals surface area contributed by atoms with E-state index in [4.69, 9.17) is 9.47 Å². The number of hydrogen-bond acceptors (Lipinski definition) is 5. The van der Waals surface area contributed by atoms with E-state index >= 15 is 0 Å². The number of nitrogens with zero attached hydrogens (tertiary/aromatic N) is 1. The SMILES string of the molecule is COc1ccc(N(C(=O)C(F)(F)F)C(C(=O)NC2CCCCC2)c2ccc(C)s2)cc1OC. The molecule has 1 atom stereocenters. The minimum atomic E-state index is -5.19. The molecule has 0 saturated heterocycles. The summed E-state index contributed by atoms with van der Waals surface area (Å²) >= 11 is 1.18. The molecule has 1 saturated carbocycles. The first kappa shape index (κ1) is 24.9. The number of alkyl halides is 3. The fraction of sp³-hybridized carbons (Fsp3) is 0.478. The lowest BCUT2D eigenvalue weighted by Gasteiger charge is -2.33. The first-order chi connectivity index (χ1) is 15.7. The lowest BCUT2D eigenvalue weighted by molar-refractivity contribution is -0.171. The minimum absolute atomic E-state index is 0.121. The number of carbonyl (C=O) groups is 2. The van der Waals surface area contributed by atoms with Crippen molar-refractivity contribution in [2.45, 2.75) is 57.3 Å². The lowest BCUT2D eigenvalue weighted by atomic mass is 9.95. The van der Waals surface area contributed by atoms with Crippen LogP contribution in [0.4, 0.5) is 18.9 Å². The highest BCUT2D eigenvalue weighted by atomic mass is 32.1. The van der Waals surface area contributed by atoms with E-state index in [-0.39, 0.29) is 23.2 Å². The fourth-order valence-corrected chi connectivity index (χ4v) is 4.96. The highest BCUT2D eigenvalue weighted by molar-refractivity contribution is 7.12. The van der Waals surface area contributed by atoms with Gasteiger partial charge in [0.05, 0.1) is 14.2 Å². The van der Waals surface area contributed by atoms with E-state index in [2.05, 4.69) is 5.32 Å². The van der Waals surface area contributed by atoms with Gasteiger partial charge >= 0.3 is 12.1 Å². The number of nitrogens with one attached hydrogen (secondary N) is 1. The van der Waals surface area contributed by atoms with Crippen LogP contribution in [0.1, 0.15) is 47.9 Å². The first-order valence-corrected chi connectivity index (χ1v) is 11.5. The highest BCUT2D eigenvalue weighted by Gasteiger charge is 2.48. The molecule has 1 aliphatic rings. The summed E-state index contributed by atoms with van der Waals surface area (Å²) in [5, 5.41) is 2.88. The van der Waals surface area contributed by atoms with Crippen LogP contribution in [0.15, 0.2) is 30.3 Å². The van der Waals surface area contributed by atoms with Gasteiger partial charge in [-0.1, -0.05) is 19.3 Å². The van der Waals surface area contributed by atoms with Gasteiger partial charge in [0, 0.05) is 27.5 Å². The molecular formula is C23H27F3N2O4S. The second-order valence-electron chi connectivity index (χ2n) is 7.91. The largest absolute Gasteiger partial charge is 0.493 e. The van der Waals surface area contributed by atoms with Crippen LogP contribution >= 0.6 is 11.3 Å². The summed E-state index contributed by atoms with van der Waals surface area (Å²) < 4.78 is 51.6. The molecule has 0 aliphatic heterocycles. The quantitative estimate of drug-likeness (QED) is 0.590. The molecule has 1 N–H and O–H groups in total. The molecule has 2 aromatic rings. The molecule has 1 aromatic carbocycles. The summed E-state index contributed by atoms with van der Waals surface area (Å²) in [4.78, 5) is 27.8. The molecule has 33 heavy (non-hydrogen) atoms. The van der Waals surface area contributed by atoms with E-state index in [1.54, 1.807) is 19.1 Å². The lowest BCUT2D eigenvalue weighted by Crippen LogP contribution is -2.50. The second-order valence-corrected chi connectivity index (χ2v) is 9.23. The Balaban J connectivity index is 2.11. The molecule has 1 unspecified atom stereocenters. The third-order valence-corrected chi connectivity index (χ3v) is 6.65. The van der Waals surface area contributed by atoms with Gasteiger partial charge < -0.3 is 14.8 Å². The molecular weight excluding hydrogens is 457 g/mol. The van der Waals surface area contributed by atoms with E-state index in [0.717, 1.165) is 37.0 Å². The van der Waals surface area contributed by atoms with Crippen molar-refractivity contribution in [1.29, 1.82) is 0 Å². The number of carbonyl (C=O) groups excluding carboxylic acids is 2. The Morgan fingerprint density at radius 3 is 2.27 bits per heavy atom. The van der Waals surface area contributed by atoms with E-state index in [1.807, 2.05) is 0 Å². The summed E-state index contributed by atoms with van der Waals surface area (Å²) in [5.74, 6) is -2.35. The summed E-state index contributed by atoms with van der Waals surface area (Å²) in [6.45, 7) is 1.79. The number of rotatable bonds is 7. The zero-order valence-electron chi connectivity index (χ0n) is 18.7. The minimum Gasteiger partial charge on any atom is -0.493 e. The second kappa shape index (κ2) is 10.5. The normalized spacial score (nSPS) is 15.6. The van der Waals surface area contributed by atoms with Gasteiger partial charge in [0.25, 0.3) is 0 Å². The highest BCUT2D eigenvalue weighted by Crippen LogP contribution is 2.39. The van der Waals surface area contributed by atoms with Crippen molar-refractivity contribution in [2.75, 3.05) is 19.1 Å². The van der Waals surface area contributed by atoms with Crippen LogP contribution in [0.3, 0.4) is 0 Å². The Kier molecular flexibility index (Phi) is 7.88. The Labute approximate surface area is 194 Å². The summed E-state index contributed by atoms with van der Waals surface area (Å²) in [5.41, 5.74) is -0.121. The van der Waals surface area contributed by atoms with Crippen molar-refractivity contribution >= 4 is 28.8 Å². The number of halogens is 3. The molecule has 0 spiro atoms. The molecule has 0 bridgehead atoms. The van der Waals surface area contributed by atoms with Gasteiger partial charge in [-0.15, -0.1) is 11.3 Å². The van der Waals surface area contributed by atoms with Crippen LogP contribution in [0.5, 0.6) is 11.5 Å². The van der Waals surface area contributed by atoms with Crippen LogP contribution < -0.4 is 19.7 Å². The van der Waals surface area contributed by atoms with Gasteiger partial charge in [0.1, 0.15) is 0 Å². The molecule has 2 amide bonds. The Morgan fingerprint density at radius 1 is 1.06 bits per heavy atom. The molecule has 0 radical (unpaired) electrons. The van der Waals surface area contributed by atoms with Gasteiger partial charge in [0.15, 0.2) is 17.5 Å². The van der Waals surface area contributed by atoms with Crippen LogP contribution in [0.2, 0.25) is 0 Å².